The molecule has 0 saturated heterocycles. The van der Waals surface area contributed by atoms with Crippen LogP contribution in [0.4, 0.5) is 0 Å². The van der Waals surface area contributed by atoms with Crippen LogP contribution >= 0.6 is 0 Å². The Morgan fingerprint density at radius 1 is 1.33 bits per heavy atom. The van der Waals surface area contributed by atoms with E-state index in [0.29, 0.717) is 17.1 Å². The van der Waals surface area contributed by atoms with E-state index in [9.17, 15) is 12.6 Å². The maximum Gasteiger partial charge on any atom is 0.240 e. The molecular formula is C11H14N2O3S2. The van der Waals surface area contributed by atoms with E-state index in [1.54, 1.807) is 6.92 Å². The number of nitriles is 1. The lowest BCUT2D eigenvalue weighted by atomic mass is 10.2. The van der Waals surface area contributed by atoms with Crippen molar-refractivity contribution in [1.29, 1.82) is 5.26 Å². The molecule has 0 saturated carbocycles. The molecule has 0 aromatic heterocycles. The van der Waals surface area contributed by atoms with Crippen LogP contribution in [-0.2, 0) is 20.8 Å². The number of nitrogens with one attached hydrogen (secondary N) is 1. The van der Waals surface area contributed by atoms with Gasteiger partial charge in [0, 0.05) is 28.9 Å². The molecule has 1 rings (SSSR count). The van der Waals surface area contributed by atoms with Gasteiger partial charge in [0.1, 0.15) is 0 Å². The van der Waals surface area contributed by atoms with Crippen LogP contribution in [0.1, 0.15) is 12.5 Å². The summed E-state index contributed by atoms with van der Waals surface area (Å²) in [5, 5.41) is 8.61. The highest BCUT2D eigenvalue weighted by molar-refractivity contribution is 7.89. The quantitative estimate of drug-likeness (QED) is 0.830. The number of rotatable bonds is 6. The molecular weight excluding hydrogens is 272 g/mol. The van der Waals surface area contributed by atoms with Crippen molar-refractivity contribution in [3.05, 3.63) is 29.8 Å². The summed E-state index contributed by atoms with van der Waals surface area (Å²) in [7, 11) is -4.58. The van der Waals surface area contributed by atoms with Crippen molar-refractivity contribution < 1.29 is 12.6 Å². The Morgan fingerprint density at radius 3 is 2.44 bits per heavy atom. The summed E-state index contributed by atoms with van der Waals surface area (Å²) in [6.07, 6.45) is 0. The van der Waals surface area contributed by atoms with Crippen LogP contribution in [0.2, 0.25) is 0 Å². The first-order valence-electron chi connectivity index (χ1n) is 5.34. The van der Waals surface area contributed by atoms with Gasteiger partial charge in [0.25, 0.3) is 0 Å². The van der Waals surface area contributed by atoms with E-state index < -0.39 is 20.8 Å². The Balaban J connectivity index is 2.68. The van der Waals surface area contributed by atoms with Crippen LogP contribution in [0.3, 0.4) is 0 Å². The Bertz CT molecular complexity index is 559. The zero-order valence-corrected chi connectivity index (χ0v) is 11.6. The molecule has 7 heteroatoms. The normalized spacial score (nSPS) is 12.9. The van der Waals surface area contributed by atoms with E-state index in [-0.39, 0.29) is 11.4 Å². The molecule has 0 aliphatic heterocycles. The summed E-state index contributed by atoms with van der Waals surface area (Å²) in [4.78, 5) is 0.101. The molecule has 0 amide bonds. The average molecular weight is 286 g/mol. The lowest BCUT2D eigenvalue weighted by molar-refractivity contribution is 0.584. The van der Waals surface area contributed by atoms with Crippen LogP contribution < -0.4 is 4.72 Å². The van der Waals surface area contributed by atoms with Gasteiger partial charge in [-0.05, 0) is 24.3 Å². The maximum absolute atomic E-state index is 11.8. The first kappa shape index (κ1) is 14.8. The molecule has 1 aromatic rings. The van der Waals surface area contributed by atoms with E-state index in [1.165, 1.54) is 24.3 Å². The molecule has 0 aliphatic rings. The number of sulfonamides is 1. The van der Waals surface area contributed by atoms with E-state index in [0.717, 1.165) is 0 Å². The second-order valence-electron chi connectivity index (χ2n) is 3.47. The van der Waals surface area contributed by atoms with Gasteiger partial charge in [-0.15, -0.1) is 0 Å². The predicted octanol–water partition coefficient (Wildman–Crippen LogP) is 0.605. The molecule has 5 nitrogen and oxygen atoms in total. The lowest BCUT2D eigenvalue weighted by Gasteiger charge is -2.06. The first-order valence-corrected chi connectivity index (χ1v) is 8.31. The van der Waals surface area contributed by atoms with Crippen molar-refractivity contribution in [1.82, 2.24) is 4.72 Å². The fourth-order valence-electron chi connectivity index (χ4n) is 1.23. The van der Waals surface area contributed by atoms with Gasteiger partial charge in [-0.1, -0.05) is 6.92 Å². The molecule has 1 aromatic carbocycles. The van der Waals surface area contributed by atoms with Crippen molar-refractivity contribution in [2.45, 2.75) is 11.8 Å². The van der Waals surface area contributed by atoms with Gasteiger partial charge in [0.05, 0.1) is 16.5 Å². The number of nitrogens with zero attached hydrogens (tertiary/aromatic N) is 1. The maximum atomic E-state index is 11.8. The molecule has 1 N–H and O–H groups in total. The van der Waals surface area contributed by atoms with Gasteiger partial charge >= 0.3 is 0 Å². The average Bonchev–Trinajstić information content (AvgIpc) is 2.38. The molecule has 0 bridgehead atoms. The van der Waals surface area contributed by atoms with Gasteiger partial charge in [-0.25, -0.2) is 13.1 Å². The third kappa shape index (κ3) is 4.22. The Morgan fingerprint density at radius 2 is 1.94 bits per heavy atom. The molecule has 0 heterocycles. The lowest BCUT2D eigenvalue weighted by Crippen LogP contribution is -2.28. The van der Waals surface area contributed by atoms with Crippen LogP contribution in [0.15, 0.2) is 29.2 Å². The zero-order valence-electron chi connectivity index (χ0n) is 9.92. The zero-order chi connectivity index (χ0) is 13.6. The van der Waals surface area contributed by atoms with Crippen molar-refractivity contribution in [2.75, 3.05) is 18.1 Å². The van der Waals surface area contributed by atoms with E-state index >= 15 is 0 Å². The largest absolute Gasteiger partial charge is 0.260 e. The molecule has 0 radical (unpaired) electrons. The molecule has 98 valence electrons. The summed E-state index contributed by atoms with van der Waals surface area (Å²) >= 11 is 0. The van der Waals surface area contributed by atoms with Gasteiger partial charge < -0.3 is 0 Å². The van der Waals surface area contributed by atoms with Gasteiger partial charge in [-0.3, -0.25) is 4.21 Å². The minimum absolute atomic E-state index is 0.101. The first-order chi connectivity index (χ1) is 8.49. The Labute approximate surface area is 109 Å². The van der Waals surface area contributed by atoms with Crippen molar-refractivity contribution in [2.24, 2.45) is 0 Å². The van der Waals surface area contributed by atoms with Gasteiger partial charge in [-0.2, -0.15) is 5.26 Å². The minimum atomic E-state index is -3.58. The molecule has 1 atom stereocenters. The second-order valence-corrected chi connectivity index (χ2v) is 7.10. The summed E-state index contributed by atoms with van der Waals surface area (Å²) in [5.74, 6) is 0.810. The predicted molar refractivity (Wildman–Crippen MR) is 69.9 cm³/mol. The van der Waals surface area contributed by atoms with Crippen molar-refractivity contribution >= 4 is 20.8 Å². The topological polar surface area (TPSA) is 87.0 Å². The third-order valence-corrected chi connectivity index (χ3v) is 5.02. The molecule has 18 heavy (non-hydrogen) atoms. The fraction of sp³-hybridized carbons (Fsp3) is 0.364. The Kier molecular flexibility index (Phi) is 5.47. The number of hydrogen-bond donors (Lipinski definition) is 1. The molecule has 0 fully saturated rings. The monoisotopic (exact) mass is 286 g/mol. The van der Waals surface area contributed by atoms with Crippen LogP contribution in [-0.4, -0.2) is 30.7 Å². The molecule has 0 spiro atoms. The van der Waals surface area contributed by atoms with Crippen LogP contribution in [0, 0.1) is 11.3 Å². The van der Waals surface area contributed by atoms with Crippen LogP contribution in [0.25, 0.3) is 0 Å². The van der Waals surface area contributed by atoms with E-state index in [1.807, 2.05) is 6.07 Å². The summed E-state index contributed by atoms with van der Waals surface area (Å²) in [6, 6.07) is 7.55. The van der Waals surface area contributed by atoms with Gasteiger partial charge in [0.2, 0.25) is 10.0 Å². The standard InChI is InChI=1S/C11H14N2O3S2/c1-2-17(14)8-7-13-18(15,16)11-5-3-10(9-12)4-6-11/h3-6,13H,2,7-8H2,1H3. The highest BCUT2D eigenvalue weighted by Crippen LogP contribution is 2.09. The van der Waals surface area contributed by atoms with Gasteiger partial charge in [0.15, 0.2) is 0 Å². The SMILES string of the molecule is CCS(=O)CCNS(=O)(=O)c1ccc(C#N)cc1. The molecule has 0 aliphatic carbocycles. The number of benzene rings is 1. The van der Waals surface area contributed by atoms with Crippen molar-refractivity contribution in [3.8, 4) is 6.07 Å². The van der Waals surface area contributed by atoms with E-state index in [2.05, 4.69) is 4.72 Å². The third-order valence-electron chi connectivity index (χ3n) is 2.24. The second kappa shape index (κ2) is 6.64. The number of hydrogen-bond acceptors (Lipinski definition) is 4. The molecule has 1 unspecified atom stereocenters. The fourth-order valence-corrected chi connectivity index (χ4v) is 3.01. The highest BCUT2D eigenvalue weighted by Gasteiger charge is 2.13. The Hall–Kier alpha value is -1.23. The summed E-state index contributed by atoms with van der Waals surface area (Å²) in [5.41, 5.74) is 0.404. The summed E-state index contributed by atoms with van der Waals surface area (Å²) in [6.45, 7) is 1.92. The van der Waals surface area contributed by atoms with Crippen LogP contribution in [0.5, 0.6) is 0 Å². The summed E-state index contributed by atoms with van der Waals surface area (Å²) < 4.78 is 37.1. The van der Waals surface area contributed by atoms with Crippen molar-refractivity contribution in [3.63, 3.8) is 0 Å². The minimum Gasteiger partial charge on any atom is -0.260 e. The smallest absolute Gasteiger partial charge is 0.240 e. The highest BCUT2D eigenvalue weighted by atomic mass is 32.2. The van der Waals surface area contributed by atoms with E-state index in [4.69, 9.17) is 5.26 Å².